The van der Waals surface area contributed by atoms with Crippen molar-refractivity contribution in [2.75, 3.05) is 11.9 Å². The molecule has 0 saturated heterocycles. The number of amides is 1. The fraction of sp³-hybridized carbons (Fsp3) is 0.348. The first-order chi connectivity index (χ1) is 12.7. The SMILES string of the molecule is CCCCCCCOc1ccc(NC(=O)/C=C/c2ccc(C)cc2)cc1. The van der Waals surface area contributed by atoms with Crippen LogP contribution in [0.1, 0.15) is 50.2 Å². The summed E-state index contributed by atoms with van der Waals surface area (Å²) in [6, 6.07) is 15.6. The summed E-state index contributed by atoms with van der Waals surface area (Å²) in [5.74, 6) is 0.698. The zero-order valence-electron chi connectivity index (χ0n) is 15.8. The van der Waals surface area contributed by atoms with E-state index in [4.69, 9.17) is 4.74 Å². The lowest BCUT2D eigenvalue weighted by Gasteiger charge is -2.07. The zero-order chi connectivity index (χ0) is 18.6. The molecule has 138 valence electrons. The second-order valence-corrected chi connectivity index (χ2v) is 6.52. The van der Waals surface area contributed by atoms with E-state index < -0.39 is 0 Å². The number of rotatable bonds is 10. The van der Waals surface area contributed by atoms with E-state index in [2.05, 4.69) is 12.2 Å². The standard InChI is InChI=1S/C23H29NO2/c1-3-4-5-6-7-18-26-22-15-13-21(14-16-22)24-23(25)17-12-20-10-8-19(2)9-11-20/h8-17H,3-7,18H2,1-2H3,(H,24,25)/b17-12+. The monoisotopic (exact) mass is 351 g/mol. The lowest BCUT2D eigenvalue weighted by atomic mass is 10.1. The average Bonchev–Trinajstić information content (AvgIpc) is 2.65. The van der Waals surface area contributed by atoms with E-state index in [9.17, 15) is 4.79 Å². The molecule has 0 fully saturated rings. The van der Waals surface area contributed by atoms with E-state index in [-0.39, 0.29) is 5.91 Å². The second kappa shape index (κ2) is 11.1. The fourth-order valence-corrected chi connectivity index (χ4v) is 2.56. The maximum absolute atomic E-state index is 12.0. The summed E-state index contributed by atoms with van der Waals surface area (Å²) in [5, 5.41) is 2.86. The highest BCUT2D eigenvalue weighted by atomic mass is 16.5. The van der Waals surface area contributed by atoms with Gasteiger partial charge in [0.05, 0.1) is 6.61 Å². The number of aryl methyl sites for hydroxylation is 1. The van der Waals surface area contributed by atoms with Crippen molar-refractivity contribution >= 4 is 17.7 Å². The third-order valence-electron chi connectivity index (χ3n) is 4.14. The molecule has 2 rings (SSSR count). The Morgan fingerprint density at radius 3 is 2.35 bits per heavy atom. The number of carbonyl (C=O) groups excluding carboxylic acids is 1. The predicted octanol–water partition coefficient (Wildman–Crippen LogP) is 6.00. The van der Waals surface area contributed by atoms with Crippen molar-refractivity contribution in [2.45, 2.75) is 46.0 Å². The number of hydrogen-bond donors (Lipinski definition) is 1. The topological polar surface area (TPSA) is 38.3 Å². The van der Waals surface area contributed by atoms with Crippen molar-refractivity contribution in [1.82, 2.24) is 0 Å². The Bertz CT molecular complexity index is 687. The maximum Gasteiger partial charge on any atom is 0.248 e. The Hall–Kier alpha value is -2.55. The van der Waals surface area contributed by atoms with Gasteiger partial charge < -0.3 is 10.1 Å². The van der Waals surface area contributed by atoms with Gasteiger partial charge in [-0.3, -0.25) is 4.79 Å². The van der Waals surface area contributed by atoms with Crippen molar-refractivity contribution in [3.05, 3.63) is 65.7 Å². The molecule has 0 spiro atoms. The molecule has 1 amide bonds. The zero-order valence-corrected chi connectivity index (χ0v) is 15.8. The molecule has 0 atom stereocenters. The van der Waals surface area contributed by atoms with Crippen molar-refractivity contribution in [3.8, 4) is 5.75 Å². The number of ether oxygens (including phenoxy) is 1. The number of anilines is 1. The van der Waals surface area contributed by atoms with E-state index in [1.165, 1.54) is 31.2 Å². The normalized spacial score (nSPS) is 10.8. The van der Waals surface area contributed by atoms with Gasteiger partial charge in [0, 0.05) is 11.8 Å². The summed E-state index contributed by atoms with van der Waals surface area (Å²) < 4.78 is 5.73. The number of benzene rings is 2. The fourth-order valence-electron chi connectivity index (χ4n) is 2.56. The van der Waals surface area contributed by atoms with E-state index in [1.807, 2.05) is 61.5 Å². The summed E-state index contributed by atoms with van der Waals surface area (Å²) >= 11 is 0. The lowest BCUT2D eigenvalue weighted by molar-refractivity contribution is -0.111. The molecule has 26 heavy (non-hydrogen) atoms. The smallest absolute Gasteiger partial charge is 0.248 e. The summed E-state index contributed by atoms with van der Waals surface area (Å²) in [4.78, 5) is 12.0. The highest BCUT2D eigenvalue weighted by Crippen LogP contribution is 2.16. The van der Waals surface area contributed by atoms with Gasteiger partial charge in [0.1, 0.15) is 5.75 Å². The Morgan fingerprint density at radius 2 is 1.65 bits per heavy atom. The minimum atomic E-state index is -0.143. The lowest BCUT2D eigenvalue weighted by Crippen LogP contribution is -2.07. The average molecular weight is 351 g/mol. The number of hydrogen-bond acceptors (Lipinski definition) is 2. The van der Waals surface area contributed by atoms with Crippen LogP contribution >= 0.6 is 0 Å². The molecule has 3 nitrogen and oxygen atoms in total. The Labute approximate surface area is 157 Å². The molecule has 0 heterocycles. The molecule has 0 aliphatic carbocycles. The number of nitrogens with one attached hydrogen (secondary N) is 1. The minimum Gasteiger partial charge on any atom is -0.494 e. The molecule has 0 saturated carbocycles. The third kappa shape index (κ3) is 7.56. The van der Waals surface area contributed by atoms with E-state index in [0.29, 0.717) is 0 Å². The van der Waals surface area contributed by atoms with E-state index in [1.54, 1.807) is 6.08 Å². The van der Waals surface area contributed by atoms with Gasteiger partial charge in [-0.25, -0.2) is 0 Å². The van der Waals surface area contributed by atoms with Crippen LogP contribution < -0.4 is 10.1 Å². The van der Waals surface area contributed by atoms with E-state index >= 15 is 0 Å². The largest absolute Gasteiger partial charge is 0.494 e. The molecule has 0 unspecified atom stereocenters. The van der Waals surface area contributed by atoms with Gasteiger partial charge in [-0.15, -0.1) is 0 Å². The van der Waals surface area contributed by atoms with Crippen LogP contribution in [0.5, 0.6) is 5.75 Å². The van der Waals surface area contributed by atoms with Gasteiger partial charge in [-0.05, 0) is 49.2 Å². The Kier molecular flexibility index (Phi) is 8.47. The quantitative estimate of drug-likeness (QED) is 0.421. The van der Waals surface area contributed by atoms with Crippen molar-refractivity contribution < 1.29 is 9.53 Å². The van der Waals surface area contributed by atoms with Crippen LogP contribution in [0.4, 0.5) is 5.69 Å². The van der Waals surface area contributed by atoms with Crippen LogP contribution in [0, 0.1) is 6.92 Å². The first-order valence-electron chi connectivity index (χ1n) is 9.46. The molecule has 2 aromatic rings. The summed E-state index contributed by atoms with van der Waals surface area (Å²) in [6.45, 7) is 5.00. The van der Waals surface area contributed by atoms with E-state index in [0.717, 1.165) is 30.0 Å². The molecular weight excluding hydrogens is 322 g/mol. The molecule has 0 aliphatic rings. The van der Waals surface area contributed by atoms with Crippen molar-refractivity contribution in [3.63, 3.8) is 0 Å². The molecular formula is C23H29NO2. The summed E-state index contributed by atoms with van der Waals surface area (Å²) in [5.41, 5.74) is 2.97. The summed E-state index contributed by atoms with van der Waals surface area (Å²) in [7, 11) is 0. The van der Waals surface area contributed by atoms with Gasteiger partial charge in [0.25, 0.3) is 0 Å². The highest BCUT2D eigenvalue weighted by Gasteiger charge is 1.99. The van der Waals surface area contributed by atoms with Gasteiger partial charge in [-0.2, -0.15) is 0 Å². The van der Waals surface area contributed by atoms with Crippen LogP contribution in [-0.2, 0) is 4.79 Å². The Morgan fingerprint density at radius 1 is 0.962 bits per heavy atom. The number of carbonyl (C=O) groups is 1. The first-order valence-corrected chi connectivity index (χ1v) is 9.46. The molecule has 1 N–H and O–H groups in total. The predicted molar refractivity (Wildman–Crippen MR) is 110 cm³/mol. The molecule has 0 radical (unpaired) electrons. The van der Waals surface area contributed by atoms with Gasteiger partial charge >= 0.3 is 0 Å². The van der Waals surface area contributed by atoms with Crippen molar-refractivity contribution in [2.24, 2.45) is 0 Å². The van der Waals surface area contributed by atoms with Crippen LogP contribution in [0.15, 0.2) is 54.6 Å². The van der Waals surface area contributed by atoms with Crippen molar-refractivity contribution in [1.29, 1.82) is 0 Å². The molecule has 2 aromatic carbocycles. The summed E-state index contributed by atoms with van der Waals surface area (Å²) in [6.07, 6.45) is 9.50. The molecule has 0 bridgehead atoms. The van der Waals surface area contributed by atoms with Crippen LogP contribution in [0.2, 0.25) is 0 Å². The first kappa shape index (κ1) is 19.8. The van der Waals surface area contributed by atoms with Gasteiger partial charge in [0.2, 0.25) is 5.91 Å². The van der Waals surface area contributed by atoms with Crippen LogP contribution in [-0.4, -0.2) is 12.5 Å². The molecule has 0 aliphatic heterocycles. The second-order valence-electron chi connectivity index (χ2n) is 6.52. The number of unbranched alkanes of at least 4 members (excludes halogenated alkanes) is 4. The molecule has 3 heteroatoms. The van der Waals surface area contributed by atoms with Gasteiger partial charge in [0.15, 0.2) is 0 Å². The van der Waals surface area contributed by atoms with Crippen LogP contribution in [0.25, 0.3) is 6.08 Å². The molecule has 0 aromatic heterocycles. The third-order valence-corrected chi connectivity index (χ3v) is 4.14. The van der Waals surface area contributed by atoms with Crippen LogP contribution in [0.3, 0.4) is 0 Å². The Balaban J connectivity index is 1.73. The highest BCUT2D eigenvalue weighted by molar-refractivity contribution is 6.01. The minimum absolute atomic E-state index is 0.143. The maximum atomic E-state index is 12.0. The van der Waals surface area contributed by atoms with Gasteiger partial charge in [-0.1, -0.05) is 62.4 Å².